The van der Waals surface area contributed by atoms with Crippen LogP contribution in [-0.4, -0.2) is 28.8 Å². The van der Waals surface area contributed by atoms with E-state index in [4.69, 9.17) is 5.73 Å². The minimum Gasteiger partial charge on any atom is -0.398 e. The summed E-state index contributed by atoms with van der Waals surface area (Å²) in [5.74, 6) is 0.335. The van der Waals surface area contributed by atoms with Gasteiger partial charge in [0.15, 0.2) is 0 Å². The number of rotatable bonds is 3. The lowest BCUT2D eigenvalue weighted by atomic mass is 9.89. The number of piperidine rings is 1. The minimum atomic E-state index is -0.391. The van der Waals surface area contributed by atoms with Crippen molar-refractivity contribution in [2.75, 3.05) is 18.8 Å². The van der Waals surface area contributed by atoms with Crippen molar-refractivity contribution in [2.24, 2.45) is 0 Å². The van der Waals surface area contributed by atoms with Gasteiger partial charge in [0.25, 0.3) is 11.6 Å². The molecule has 0 unspecified atom stereocenters. The van der Waals surface area contributed by atoms with E-state index in [1.807, 2.05) is 36.1 Å². The summed E-state index contributed by atoms with van der Waals surface area (Å²) in [6.45, 7) is 3.27. The number of nitrogens with two attached hydrogens (primary N) is 1. The fourth-order valence-corrected chi connectivity index (χ4v) is 3.24. The molecule has 6 heteroatoms. The fourth-order valence-electron chi connectivity index (χ4n) is 3.24. The van der Waals surface area contributed by atoms with E-state index in [0.717, 1.165) is 24.0 Å². The number of nitrogens with zero attached hydrogens (tertiary/aromatic N) is 2. The number of benzene rings is 2. The predicted molar refractivity (Wildman–Crippen MR) is 96.6 cm³/mol. The number of carbonyl (C=O) groups excluding carboxylic acids is 1. The number of likely N-dealkylation sites (tertiary alicyclic amines) is 1. The molecule has 25 heavy (non-hydrogen) atoms. The van der Waals surface area contributed by atoms with E-state index < -0.39 is 4.92 Å². The molecule has 1 heterocycles. The summed E-state index contributed by atoms with van der Waals surface area (Å²) in [4.78, 5) is 24.8. The lowest BCUT2D eigenvalue weighted by Gasteiger charge is -2.32. The Labute approximate surface area is 146 Å². The molecule has 1 saturated heterocycles. The van der Waals surface area contributed by atoms with Gasteiger partial charge in [-0.3, -0.25) is 14.9 Å². The maximum Gasteiger partial charge on any atom is 0.269 e. The highest BCUT2D eigenvalue weighted by Gasteiger charge is 2.25. The molecule has 6 nitrogen and oxygen atoms in total. The summed E-state index contributed by atoms with van der Waals surface area (Å²) in [6.07, 6.45) is 1.70. The van der Waals surface area contributed by atoms with Crippen molar-refractivity contribution < 1.29 is 9.72 Å². The van der Waals surface area contributed by atoms with Gasteiger partial charge in [0.2, 0.25) is 0 Å². The topological polar surface area (TPSA) is 89.5 Å². The Hall–Kier alpha value is -2.89. The summed E-state index contributed by atoms with van der Waals surface area (Å²) >= 11 is 0. The number of nitro benzene ring substituents is 1. The molecule has 0 atom stereocenters. The molecule has 0 spiro atoms. The largest absolute Gasteiger partial charge is 0.398 e. The first-order valence-electron chi connectivity index (χ1n) is 8.35. The van der Waals surface area contributed by atoms with Gasteiger partial charge in [-0.1, -0.05) is 18.2 Å². The molecule has 1 fully saturated rings. The summed E-state index contributed by atoms with van der Waals surface area (Å²) in [5.41, 5.74) is 9.32. The first-order valence-corrected chi connectivity index (χ1v) is 8.35. The smallest absolute Gasteiger partial charge is 0.269 e. The van der Waals surface area contributed by atoms with E-state index in [1.54, 1.807) is 18.2 Å². The van der Waals surface area contributed by atoms with Gasteiger partial charge in [0.05, 0.1) is 4.92 Å². The third-order valence-corrected chi connectivity index (χ3v) is 4.88. The second-order valence-corrected chi connectivity index (χ2v) is 6.49. The van der Waals surface area contributed by atoms with Crippen LogP contribution >= 0.6 is 0 Å². The number of nitrogen functional groups attached to an aromatic ring is 1. The third-order valence-electron chi connectivity index (χ3n) is 4.88. The average Bonchev–Trinajstić information content (AvgIpc) is 2.63. The van der Waals surface area contributed by atoms with Crippen molar-refractivity contribution in [3.63, 3.8) is 0 Å². The molecule has 0 bridgehead atoms. The molecule has 2 N–H and O–H groups in total. The van der Waals surface area contributed by atoms with Crippen LogP contribution in [0.4, 0.5) is 11.4 Å². The lowest BCUT2D eigenvalue weighted by molar-refractivity contribution is -0.384. The van der Waals surface area contributed by atoms with Crippen molar-refractivity contribution in [2.45, 2.75) is 25.7 Å². The van der Waals surface area contributed by atoms with E-state index in [1.165, 1.54) is 0 Å². The normalized spacial score (nSPS) is 15.2. The molecule has 1 aliphatic rings. The standard InChI is InChI=1S/C19H21N3O3/c1-13-2-3-16(12-18(13)20)19(23)21-10-8-15(9-11-21)14-4-6-17(7-5-14)22(24)25/h2-7,12,15H,8-11,20H2,1H3. The molecule has 0 saturated carbocycles. The maximum atomic E-state index is 12.6. The van der Waals surface area contributed by atoms with Crippen LogP contribution in [0.2, 0.25) is 0 Å². The van der Waals surface area contributed by atoms with Gasteiger partial charge in [0, 0.05) is 36.5 Å². The van der Waals surface area contributed by atoms with Gasteiger partial charge in [-0.05, 0) is 48.9 Å². The Bertz CT molecular complexity index is 794. The van der Waals surface area contributed by atoms with E-state index in [2.05, 4.69) is 0 Å². The molecular formula is C19H21N3O3. The number of anilines is 1. The third kappa shape index (κ3) is 3.63. The van der Waals surface area contributed by atoms with E-state index in [9.17, 15) is 14.9 Å². The van der Waals surface area contributed by atoms with Crippen LogP contribution in [0.25, 0.3) is 0 Å². The monoisotopic (exact) mass is 339 g/mol. The zero-order chi connectivity index (χ0) is 18.0. The second kappa shape index (κ2) is 6.93. The zero-order valence-electron chi connectivity index (χ0n) is 14.1. The van der Waals surface area contributed by atoms with E-state index >= 15 is 0 Å². The first kappa shape index (κ1) is 17.0. The molecule has 1 aliphatic heterocycles. The average molecular weight is 339 g/mol. The van der Waals surface area contributed by atoms with Crippen LogP contribution < -0.4 is 5.73 Å². The number of aryl methyl sites for hydroxylation is 1. The summed E-state index contributed by atoms with van der Waals surface area (Å²) in [5, 5.41) is 10.7. The Morgan fingerprint density at radius 1 is 1.16 bits per heavy atom. The number of hydrogen-bond acceptors (Lipinski definition) is 4. The van der Waals surface area contributed by atoms with Crippen molar-refractivity contribution in [1.82, 2.24) is 4.90 Å². The Balaban J connectivity index is 1.64. The predicted octanol–water partition coefficient (Wildman–Crippen LogP) is 3.51. The molecule has 2 aromatic carbocycles. The van der Waals surface area contributed by atoms with Gasteiger partial charge in [-0.2, -0.15) is 0 Å². The van der Waals surface area contributed by atoms with Crippen molar-refractivity contribution in [3.8, 4) is 0 Å². The number of carbonyl (C=O) groups is 1. The van der Waals surface area contributed by atoms with Crippen LogP contribution in [0.5, 0.6) is 0 Å². The van der Waals surface area contributed by atoms with Crippen molar-refractivity contribution in [3.05, 3.63) is 69.3 Å². The maximum absolute atomic E-state index is 12.6. The minimum absolute atomic E-state index is 0.00819. The molecule has 0 aromatic heterocycles. The van der Waals surface area contributed by atoms with Crippen LogP contribution in [0.1, 0.15) is 40.2 Å². The molecular weight excluding hydrogens is 318 g/mol. The summed E-state index contributed by atoms with van der Waals surface area (Å²) in [7, 11) is 0. The van der Waals surface area contributed by atoms with Crippen LogP contribution in [0.3, 0.4) is 0 Å². The molecule has 0 aliphatic carbocycles. The molecule has 1 amide bonds. The van der Waals surface area contributed by atoms with Gasteiger partial charge >= 0.3 is 0 Å². The fraction of sp³-hybridized carbons (Fsp3) is 0.316. The second-order valence-electron chi connectivity index (χ2n) is 6.49. The van der Waals surface area contributed by atoms with Crippen LogP contribution in [-0.2, 0) is 0 Å². The Kier molecular flexibility index (Phi) is 4.70. The van der Waals surface area contributed by atoms with Crippen molar-refractivity contribution in [1.29, 1.82) is 0 Å². The summed E-state index contributed by atoms with van der Waals surface area (Å²) in [6, 6.07) is 12.1. The quantitative estimate of drug-likeness (QED) is 0.526. The molecule has 3 rings (SSSR count). The van der Waals surface area contributed by atoms with Gasteiger partial charge in [-0.25, -0.2) is 0 Å². The van der Waals surface area contributed by atoms with E-state index in [0.29, 0.717) is 30.3 Å². The Morgan fingerprint density at radius 3 is 2.36 bits per heavy atom. The zero-order valence-corrected chi connectivity index (χ0v) is 14.1. The van der Waals surface area contributed by atoms with Crippen molar-refractivity contribution >= 4 is 17.3 Å². The van der Waals surface area contributed by atoms with Gasteiger partial charge < -0.3 is 10.6 Å². The van der Waals surface area contributed by atoms with Crippen LogP contribution in [0.15, 0.2) is 42.5 Å². The summed E-state index contributed by atoms with van der Waals surface area (Å²) < 4.78 is 0. The molecule has 2 aromatic rings. The van der Waals surface area contributed by atoms with E-state index in [-0.39, 0.29) is 11.6 Å². The number of amides is 1. The number of hydrogen-bond donors (Lipinski definition) is 1. The lowest BCUT2D eigenvalue weighted by Crippen LogP contribution is -2.37. The highest BCUT2D eigenvalue weighted by molar-refractivity contribution is 5.95. The highest BCUT2D eigenvalue weighted by atomic mass is 16.6. The SMILES string of the molecule is Cc1ccc(C(=O)N2CCC(c3ccc([N+](=O)[O-])cc3)CC2)cc1N. The van der Waals surface area contributed by atoms with Crippen LogP contribution in [0, 0.1) is 17.0 Å². The Morgan fingerprint density at radius 2 is 1.80 bits per heavy atom. The number of non-ortho nitro benzene ring substituents is 1. The molecule has 0 radical (unpaired) electrons. The highest BCUT2D eigenvalue weighted by Crippen LogP contribution is 2.30. The first-order chi connectivity index (χ1) is 12.0. The number of nitro groups is 1. The van der Waals surface area contributed by atoms with Gasteiger partial charge in [-0.15, -0.1) is 0 Å². The van der Waals surface area contributed by atoms with Gasteiger partial charge in [0.1, 0.15) is 0 Å². The molecule has 130 valence electrons.